The lowest BCUT2D eigenvalue weighted by molar-refractivity contribution is -0.141. The zero-order valence-corrected chi connectivity index (χ0v) is 15.4. The number of benzene rings is 2. The van der Waals surface area contributed by atoms with Gasteiger partial charge in [-0.2, -0.15) is 0 Å². The molecule has 4 nitrogen and oxygen atoms in total. The molecule has 1 aliphatic rings. The molecule has 5 heteroatoms. The van der Waals surface area contributed by atoms with Crippen LogP contribution >= 0.6 is 15.9 Å². The van der Waals surface area contributed by atoms with Gasteiger partial charge in [0, 0.05) is 22.5 Å². The smallest absolute Gasteiger partial charge is 0.336 e. The van der Waals surface area contributed by atoms with Crippen LogP contribution in [0.4, 0.5) is 0 Å². The average molecular weight is 400 g/mol. The summed E-state index contributed by atoms with van der Waals surface area (Å²) in [6, 6.07) is 17.2. The van der Waals surface area contributed by atoms with Gasteiger partial charge in [-0.05, 0) is 24.1 Å². The van der Waals surface area contributed by atoms with Gasteiger partial charge in [0.2, 0.25) is 5.91 Å². The maximum atomic E-state index is 12.7. The molecule has 0 bridgehead atoms. The number of amides is 1. The fourth-order valence-electron chi connectivity index (χ4n) is 3.00. The van der Waals surface area contributed by atoms with Crippen molar-refractivity contribution in [1.29, 1.82) is 0 Å². The molecule has 0 spiro atoms. The Balaban J connectivity index is 1.87. The molecule has 1 amide bonds. The molecule has 0 radical (unpaired) electrons. The third-order valence-corrected chi connectivity index (χ3v) is 4.90. The van der Waals surface area contributed by atoms with Crippen LogP contribution in [0, 0.1) is 0 Å². The Labute approximate surface area is 155 Å². The first-order valence-corrected chi connectivity index (χ1v) is 8.81. The average Bonchev–Trinajstić information content (AvgIpc) is 2.60. The number of esters is 1. The van der Waals surface area contributed by atoms with Gasteiger partial charge < -0.3 is 10.1 Å². The first-order chi connectivity index (χ1) is 12.1. The summed E-state index contributed by atoms with van der Waals surface area (Å²) in [4.78, 5) is 24.7. The van der Waals surface area contributed by atoms with Crippen molar-refractivity contribution >= 4 is 27.8 Å². The molecule has 1 atom stereocenters. The Kier molecular flexibility index (Phi) is 5.34. The molecule has 2 aromatic rings. The molecule has 25 heavy (non-hydrogen) atoms. The minimum Gasteiger partial charge on any atom is -0.457 e. The van der Waals surface area contributed by atoms with Crippen LogP contribution < -0.4 is 5.32 Å². The molecular weight excluding hydrogens is 382 g/mol. The van der Waals surface area contributed by atoms with E-state index in [0.717, 1.165) is 15.6 Å². The van der Waals surface area contributed by atoms with Crippen LogP contribution in [-0.4, -0.2) is 11.9 Å². The third-order valence-electron chi connectivity index (χ3n) is 4.18. The number of nitrogens with one attached hydrogen (secondary N) is 1. The largest absolute Gasteiger partial charge is 0.457 e. The van der Waals surface area contributed by atoms with E-state index in [1.165, 1.54) is 0 Å². The summed E-state index contributed by atoms with van der Waals surface area (Å²) in [6.45, 7) is 1.94. The van der Waals surface area contributed by atoms with E-state index in [1.807, 2.05) is 54.6 Å². The normalized spacial score (nSPS) is 17.2. The van der Waals surface area contributed by atoms with Gasteiger partial charge in [-0.15, -0.1) is 0 Å². The van der Waals surface area contributed by atoms with Crippen LogP contribution in [0.1, 0.15) is 30.4 Å². The number of carbonyl (C=O) groups is 2. The number of hydrogen-bond donors (Lipinski definition) is 1. The van der Waals surface area contributed by atoms with E-state index < -0.39 is 5.97 Å². The van der Waals surface area contributed by atoms with E-state index in [-0.39, 0.29) is 24.9 Å². The minimum atomic E-state index is -0.401. The maximum absolute atomic E-state index is 12.7. The second kappa shape index (κ2) is 7.66. The van der Waals surface area contributed by atoms with Crippen molar-refractivity contribution in [2.24, 2.45) is 0 Å². The highest BCUT2D eigenvalue weighted by Gasteiger charge is 2.33. The van der Waals surface area contributed by atoms with Crippen molar-refractivity contribution in [3.8, 4) is 0 Å². The highest BCUT2D eigenvalue weighted by molar-refractivity contribution is 9.10. The van der Waals surface area contributed by atoms with Gasteiger partial charge in [-0.1, -0.05) is 64.5 Å². The predicted octanol–water partition coefficient (Wildman–Crippen LogP) is 4.07. The van der Waals surface area contributed by atoms with Crippen molar-refractivity contribution in [3.63, 3.8) is 0 Å². The number of rotatable bonds is 4. The van der Waals surface area contributed by atoms with E-state index in [2.05, 4.69) is 21.2 Å². The monoisotopic (exact) mass is 399 g/mol. The Morgan fingerprint density at radius 1 is 1.16 bits per heavy atom. The lowest BCUT2D eigenvalue weighted by atomic mass is 9.84. The van der Waals surface area contributed by atoms with Gasteiger partial charge in [-0.25, -0.2) is 4.79 Å². The summed E-state index contributed by atoms with van der Waals surface area (Å²) in [5.74, 6) is -0.826. The molecule has 1 aliphatic heterocycles. The summed E-state index contributed by atoms with van der Waals surface area (Å²) < 4.78 is 6.37. The van der Waals surface area contributed by atoms with Gasteiger partial charge in [0.1, 0.15) is 6.61 Å². The zero-order valence-electron chi connectivity index (χ0n) is 13.8. The number of carbonyl (C=O) groups excluding carboxylic acids is 2. The molecule has 0 saturated carbocycles. The van der Waals surface area contributed by atoms with Gasteiger partial charge in [-0.3, -0.25) is 4.79 Å². The second-order valence-corrected chi connectivity index (χ2v) is 6.78. The standard InChI is InChI=1S/C20H18BrNO3/c1-13-19(20(24)25-12-14-7-3-2-4-8-14)16(11-18(23)22-13)15-9-5-6-10-17(15)21/h2-10,16H,11-12H2,1H3,(H,22,23). The Hall–Kier alpha value is -2.40. The van der Waals surface area contributed by atoms with E-state index in [4.69, 9.17) is 4.74 Å². The van der Waals surface area contributed by atoms with Crippen molar-refractivity contribution in [2.75, 3.05) is 0 Å². The van der Waals surface area contributed by atoms with Crippen LogP contribution in [0.3, 0.4) is 0 Å². The zero-order chi connectivity index (χ0) is 17.8. The molecule has 0 aromatic heterocycles. The molecule has 0 saturated heterocycles. The molecular formula is C20H18BrNO3. The summed E-state index contributed by atoms with van der Waals surface area (Å²) in [5, 5.41) is 2.75. The van der Waals surface area contributed by atoms with Gasteiger partial charge in [0.15, 0.2) is 0 Å². The summed E-state index contributed by atoms with van der Waals surface area (Å²) in [6.07, 6.45) is 0.218. The van der Waals surface area contributed by atoms with Crippen LogP contribution in [0.2, 0.25) is 0 Å². The minimum absolute atomic E-state index is 0.0992. The van der Waals surface area contributed by atoms with E-state index in [0.29, 0.717) is 11.3 Å². The van der Waals surface area contributed by atoms with Gasteiger partial charge in [0.25, 0.3) is 0 Å². The van der Waals surface area contributed by atoms with E-state index in [9.17, 15) is 9.59 Å². The quantitative estimate of drug-likeness (QED) is 0.788. The Morgan fingerprint density at radius 3 is 2.56 bits per heavy atom. The van der Waals surface area contributed by atoms with Gasteiger partial charge >= 0.3 is 5.97 Å². The number of halogens is 1. The van der Waals surface area contributed by atoms with Crippen LogP contribution in [0.15, 0.2) is 70.3 Å². The molecule has 3 rings (SSSR count). The highest BCUT2D eigenvalue weighted by atomic mass is 79.9. The lowest BCUT2D eigenvalue weighted by Gasteiger charge is -2.27. The first-order valence-electron chi connectivity index (χ1n) is 8.02. The number of allylic oxidation sites excluding steroid dienone is 1. The van der Waals surface area contributed by atoms with E-state index in [1.54, 1.807) is 6.92 Å². The Bertz CT molecular complexity index is 830. The molecule has 1 N–H and O–H groups in total. The maximum Gasteiger partial charge on any atom is 0.336 e. The van der Waals surface area contributed by atoms with Gasteiger partial charge in [0.05, 0.1) is 5.57 Å². The summed E-state index contributed by atoms with van der Waals surface area (Å²) >= 11 is 3.52. The fourth-order valence-corrected chi connectivity index (χ4v) is 3.56. The van der Waals surface area contributed by atoms with Crippen molar-refractivity contribution in [2.45, 2.75) is 25.9 Å². The fraction of sp³-hybridized carbons (Fsp3) is 0.200. The first kappa shape index (κ1) is 17.4. The summed E-state index contributed by atoms with van der Waals surface area (Å²) in [7, 11) is 0. The van der Waals surface area contributed by atoms with Crippen LogP contribution in [0.5, 0.6) is 0 Å². The number of ether oxygens (including phenoxy) is 1. The predicted molar refractivity (Wildman–Crippen MR) is 98.6 cm³/mol. The lowest BCUT2D eigenvalue weighted by Crippen LogP contribution is -2.34. The van der Waals surface area contributed by atoms with Crippen molar-refractivity contribution in [1.82, 2.24) is 5.32 Å². The van der Waals surface area contributed by atoms with Crippen molar-refractivity contribution in [3.05, 3.63) is 81.5 Å². The third kappa shape index (κ3) is 3.99. The second-order valence-electron chi connectivity index (χ2n) is 5.93. The molecule has 1 heterocycles. The van der Waals surface area contributed by atoms with Crippen LogP contribution in [0.25, 0.3) is 0 Å². The SMILES string of the molecule is CC1=C(C(=O)OCc2ccccc2)C(c2ccccc2Br)CC(=O)N1. The highest BCUT2D eigenvalue weighted by Crippen LogP contribution is 2.37. The molecule has 1 unspecified atom stereocenters. The molecule has 0 fully saturated rings. The Morgan fingerprint density at radius 2 is 1.84 bits per heavy atom. The van der Waals surface area contributed by atoms with E-state index >= 15 is 0 Å². The topological polar surface area (TPSA) is 55.4 Å². The summed E-state index contributed by atoms with van der Waals surface area (Å²) in [5.41, 5.74) is 2.88. The molecule has 2 aromatic carbocycles. The van der Waals surface area contributed by atoms with Crippen molar-refractivity contribution < 1.29 is 14.3 Å². The molecule has 0 aliphatic carbocycles. The molecule has 128 valence electrons. The van der Waals surface area contributed by atoms with Crippen LogP contribution in [-0.2, 0) is 20.9 Å². The number of hydrogen-bond acceptors (Lipinski definition) is 3.